The Labute approximate surface area is 184 Å². The average molecular weight is 437 g/mol. The molecule has 1 amide bonds. The zero-order valence-corrected chi connectivity index (χ0v) is 17.8. The molecule has 9 nitrogen and oxygen atoms in total. The molecule has 3 heterocycles. The summed E-state index contributed by atoms with van der Waals surface area (Å²) in [4.78, 5) is 21.5. The Morgan fingerprint density at radius 1 is 1.38 bits per heavy atom. The summed E-state index contributed by atoms with van der Waals surface area (Å²) in [5.41, 5.74) is 1.47. The van der Waals surface area contributed by atoms with Crippen molar-refractivity contribution in [2.24, 2.45) is 0 Å². The van der Waals surface area contributed by atoms with Gasteiger partial charge in [-0.05, 0) is 39.2 Å². The molecule has 0 saturated heterocycles. The number of fused-ring (bicyclic) bond motifs is 1. The van der Waals surface area contributed by atoms with Gasteiger partial charge in [0.15, 0.2) is 5.65 Å². The highest BCUT2D eigenvalue weighted by atomic mass is 19.1. The molecule has 3 aromatic heterocycles. The molecule has 0 radical (unpaired) electrons. The Hall–Kier alpha value is -3.58. The number of pyridine rings is 1. The fourth-order valence-electron chi connectivity index (χ4n) is 3.32. The maximum atomic E-state index is 14.1. The zero-order chi connectivity index (χ0) is 22.9. The highest BCUT2D eigenvalue weighted by molar-refractivity contribution is 6.00. The first-order chi connectivity index (χ1) is 15.3. The fourth-order valence-corrected chi connectivity index (χ4v) is 3.32. The van der Waals surface area contributed by atoms with Gasteiger partial charge in [-0.3, -0.25) is 9.78 Å². The molecule has 1 aliphatic carbocycles. The molecule has 10 heteroatoms. The van der Waals surface area contributed by atoms with E-state index in [-0.39, 0.29) is 12.6 Å². The lowest BCUT2D eigenvalue weighted by Crippen LogP contribution is -2.42. The minimum absolute atomic E-state index is 0.252. The van der Waals surface area contributed by atoms with E-state index in [1.165, 1.54) is 30.8 Å². The van der Waals surface area contributed by atoms with Crippen LogP contribution in [-0.2, 0) is 0 Å². The van der Waals surface area contributed by atoms with Gasteiger partial charge in [-0.1, -0.05) is 0 Å². The Bertz CT molecular complexity index is 1190. The number of alkyl halides is 1. The van der Waals surface area contributed by atoms with Crippen molar-refractivity contribution in [3.05, 3.63) is 42.0 Å². The van der Waals surface area contributed by atoms with Gasteiger partial charge in [0.05, 0.1) is 52.6 Å². The third kappa shape index (κ3) is 4.38. The Morgan fingerprint density at radius 3 is 2.81 bits per heavy atom. The van der Waals surface area contributed by atoms with E-state index in [1.807, 2.05) is 6.07 Å². The molecule has 1 fully saturated rings. The van der Waals surface area contributed by atoms with Crippen LogP contribution in [0.2, 0.25) is 0 Å². The molecule has 166 valence electrons. The number of halogens is 1. The standard InChI is InChI=1S/C22H24FN7O2/c1-22(2,32)19(23)11-27-21(31)16-9-25-17(6-18(16)29-14-4-3-5-14)15-10-28-30-12-13(7-24)8-26-20(15)30/h6,8-10,12,14,19,32H,3-5,11H2,1-2H3,(H,25,29)(H,27,31)/t19-/m1/s1. The molecule has 1 aliphatic rings. The number of hydrogen-bond acceptors (Lipinski definition) is 7. The molecule has 0 bridgehead atoms. The monoisotopic (exact) mass is 437 g/mol. The first kappa shape index (κ1) is 21.6. The maximum Gasteiger partial charge on any atom is 0.255 e. The normalized spacial score (nSPS) is 15.1. The van der Waals surface area contributed by atoms with Crippen molar-refractivity contribution in [1.29, 1.82) is 5.26 Å². The van der Waals surface area contributed by atoms with Crippen LogP contribution in [-0.4, -0.2) is 55.0 Å². The van der Waals surface area contributed by atoms with Crippen LogP contribution in [0.25, 0.3) is 16.9 Å². The van der Waals surface area contributed by atoms with Crippen LogP contribution in [0.1, 0.15) is 49.0 Å². The summed E-state index contributed by atoms with van der Waals surface area (Å²) in [7, 11) is 0. The minimum atomic E-state index is -1.61. The summed E-state index contributed by atoms with van der Waals surface area (Å²) >= 11 is 0. The molecular weight excluding hydrogens is 413 g/mol. The molecular formula is C22H24FN7O2. The van der Waals surface area contributed by atoms with Gasteiger partial charge < -0.3 is 15.7 Å². The number of nitriles is 1. The number of aromatic nitrogens is 4. The van der Waals surface area contributed by atoms with Crippen molar-refractivity contribution < 1.29 is 14.3 Å². The number of carbonyl (C=O) groups excluding carboxylic acids is 1. The van der Waals surface area contributed by atoms with E-state index in [0.717, 1.165) is 19.3 Å². The molecule has 4 rings (SSSR count). The SMILES string of the molecule is CC(C)(O)[C@H](F)CNC(=O)c1cnc(-c2cnn3cc(C#N)cnc23)cc1NC1CCC1. The number of anilines is 1. The van der Waals surface area contributed by atoms with Crippen molar-refractivity contribution in [1.82, 2.24) is 24.9 Å². The van der Waals surface area contributed by atoms with E-state index >= 15 is 0 Å². The highest BCUT2D eigenvalue weighted by Gasteiger charge is 2.28. The van der Waals surface area contributed by atoms with E-state index in [9.17, 15) is 14.3 Å². The van der Waals surface area contributed by atoms with Gasteiger partial charge in [0, 0.05) is 18.4 Å². The van der Waals surface area contributed by atoms with Gasteiger partial charge >= 0.3 is 0 Å². The van der Waals surface area contributed by atoms with E-state index in [1.54, 1.807) is 18.5 Å². The predicted octanol–water partition coefficient (Wildman–Crippen LogP) is 2.47. The van der Waals surface area contributed by atoms with Crippen LogP contribution in [0, 0.1) is 11.3 Å². The molecule has 0 aromatic carbocycles. The lowest BCUT2D eigenvalue weighted by Gasteiger charge is -2.28. The number of nitrogens with zero attached hydrogens (tertiary/aromatic N) is 5. The number of aliphatic hydroxyl groups is 1. The van der Waals surface area contributed by atoms with Crippen LogP contribution in [0.15, 0.2) is 30.9 Å². The second-order valence-electron chi connectivity index (χ2n) is 8.50. The average Bonchev–Trinajstić information content (AvgIpc) is 3.16. The largest absolute Gasteiger partial charge is 0.387 e. The summed E-state index contributed by atoms with van der Waals surface area (Å²) in [5.74, 6) is -0.477. The molecule has 0 aliphatic heterocycles. The van der Waals surface area contributed by atoms with Crippen LogP contribution in [0.4, 0.5) is 10.1 Å². The molecule has 3 N–H and O–H groups in total. The predicted molar refractivity (Wildman–Crippen MR) is 116 cm³/mol. The first-order valence-electron chi connectivity index (χ1n) is 10.4. The van der Waals surface area contributed by atoms with E-state index in [0.29, 0.717) is 33.7 Å². The van der Waals surface area contributed by atoms with E-state index < -0.39 is 17.7 Å². The summed E-state index contributed by atoms with van der Waals surface area (Å²) in [6, 6.07) is 4.03. The third-order valence-electron chi connectivity index (χ3n) is 5.58. The molecule has 1 atom stereocenters. The quantitative estimate of drug-likeness (QED) is 0.518. The highest BCUT2D eigenvalue weighted by Crippen LogP contribution is 2.29. The molecule has 0 unspecified atom stereocenters. The summed E-state index contributed by atoms with van der Waals surface area (Å²) in [6.07, 6.45) is 7.60. The summed E-state index contributed by atoms with van der Waals surface area (Å²) in [6.45, 7) is 2.40. The van der Waals surface area contributed by atoms with Crippen LogP contribution < -0.4 is 10.6 Å². The van der Waals surface area contributed by atoms with Crippen LogP contribution >= 0.6 is 0 Å². The number of hydrogen-bond donors (Lipinski definition) is 3. The van der Waals surface area contributed by atoms with Crippen molar-refractivity contribution >= 4 is 17.2 Å². The van der Waals surface area contributed by atoms with Gasteiger partial charge in [-0.2, -0.15) is 10.4 Å². The van der Waals surface area contributed by atoms with Crippen molar-refractivity contribution in [3.8, 4) is 17.3 Å². The topological polar surface area (TPSA) is 128 Å². The van der Waals surface area contributed by atoms with Gasteiger partial charge in [-0.25, -0.2) is 13.9 Å². The third-order valence-corrected chi connectivity index (χ3v) is 5.58. The lowest BCUT2D eigenvalue weighted by atomic mass is 9.92. The number of nitrogens with one attached hydrogen (secondary N) is 2. The maximum absolute atomic E-state index is 14.1. The molecule has 1 saturated carbocycles. The first-order valence-corrected chi connectivity index (χ1v) is 10.4. The van der Waals surface area contributed by atoms with Gasteiger partial charge in [0.2, 0.25) is 0 Å². The molecule has 32 heavy (non-hydrogen) atoms. The molecule has 3 aromatic rings. The van der Waals surface area contributed by atoms with Crippen LogP contribution in [0.5, 0.6) is 0 Å². The lowest BCUT2D eigenvalue weighted by molar-refractivity contribution is -0.00177. The number of amides is 1. The van der Waals surface area contributed by atoms with Crippen molar-refractivity contribution in [3.63, 3.8) is 0 Å². The number of rotatable bonds is 7. The van der Waals surface area contributed by atoms with Crippen molar-refractivity contribution in [2.75, 3.05) is 11.9 Å². The van der Waals surface area contributed by atoms with Crippen molar-refractivity contribution in [2.45, 2.75) is 50.9 Å². The van der Waals surface area contributed by atoms with E-state index in [4.69, 9.17) is 5.26 Å². The summed E-state index contributed by atoms with van der Waals surface area (Å²) < 4.78 is 15.6. The fraction of sp³-hybridized carbons (Fsp3) is 0.409. The minimum Gasteiger partial charge on any atom is -0.387 e. The Balaban J connectivity index is 1.64. The van der Waals surface area contributed by atoms with Gasteiger partial charge in [0.25, 0.3) is 5.91 Å². The second kappa shape index (κ2) is 8.51. The van der Waals surface area contributed by atoms with E-state index in [2.05, 4.69) is 25.7 Å². The van der Waals surface area contributed by atoms with Gasteiger partial charge in [0.1, 0.15) is 12.2 Å². The second-order valence-corrected chi connectivity index (χ2v) is 8.50. The smallest absolute Gasteiger partial charge is 0.255 e. The Kier molecular flexibility index (Phi) is 5.76. The van der Waals surface area contributed by atoms with Crippen LogP contribution in [0.3, 0.4) is 0 Å². The molecule has 0 spiro atoms. The summed E-state index contributed by atoms with van der Waals surface area (Å²) in [5, 5.41) is 29.0. The Morgan fingerprint density at radius 2 is 2.16 bits per heavy atom. The zero-order valence-electron chi connectivity index (χ0n) is 17.8. The van der Waals surface area contributed by atoms with Gasteiger partial charge in [-0.15, -0.1) is 0 Å². The number of carbonyl (C=O) groups is 1.